The number of anilines is 2. The van der Waals surface area contributed by atoms with Crippen LogP contribution in [0.2, 0.25) is 5.28 Å². The summed E-state index contributed by atoms with van der Waals surface area (Å²) in [6, 6.07) is 1.18. The maximum absolute atomic E-state index is 12.9. The van der Waals surface area contributed by atoms with Gasteiger partial charge in [0, 0.05) is 25.3 Å². The highest BCUT2D eigenvalue weighted by Gasteiger charge is 2.45. The van der Waals surface area contributed by atoms with E-state index in [1.807, 2.05) is 4.90 Å². The summed E-state index contributed by atoms with van der Waals surface area (Å²) in [5.41, 5.74) is 0.723. The first-order valence-electron chi connectivity index (χ1n) is 12.3. The van der Waals surface area contributed by atoms with Crippen molar-refractivity contribution in [2.45, 2.75) is 56.3 Å². The Kier molecular flexibility index (Phi) is 6.31. The third-order valence-corrected chi connectivity index (χ3v) is 7.39. The summed E-state index contributed by atoms with van der Waals surface area (Å²) in [6.45, 7) is 2.85. The molecule has 1 aliphatic carbocycles. The largest absolute Gasteiger partial charge is 0.417 e. The lowest BCUT2D eigenvalue weighted by molar-refractivity contribution is -0.137. The van der Waals surface area contributed by atoms with Crippen LogP contribution < -0.4 is 10.2 Å². The van der Waals surface area contributed by atoms with Crippen LogP contribution >= 0.6 is 11.6 Å². The molecule has 0 radical (unpaired) electrons. The molecule has 1 aliphatic heterocycles. The van der Waals surface area contributed by atoms with Crippen molar-refractivity contribution in [3.63, 3.8) is 0 Å². The summed E-state index contributed by atoms with van der Waals surface area (Å²) < 4.78 is 40.3. The van der Waals surface area contributed by atoms with Gasteiger partial charge in [0.05, 0.1) is 29.8 Å². The Labute approximate surface area is 224 Å². The van der Waals surface area contributed by atoms with E-state index in [9.17, 15) is 23.4 Å². The Bertz CT molecular complexity index is 1490. The molecule has 4 aromatic rings. The van der Waals surface area contributed by atoms with Gasteiger partial charge in [-0.25, -0.2) is 9.97 Å². The molecule has 206 valence electrons. The van der Waals surface area contributed by atoms with Gasteiger partial charge in [0.25, 0.3) is 0 Å². The second-order valence-electron chi connectivity index (χ2n) is 9.80. The number of fused-ring (bicyclic) bond motifs is 1. The van der Waals surface area contributed by atoms with Crippen molar-refractivity contribution in [2.75, 3.05) is 23.3 Å². The van der Waals surface area contributed by atoms with Crippen molar-refractivity contribution in [2.24, 2.45) is 0 Å². The molecule has 6 rings (SSSR count). The van der Waals surface area contributed by atoms with Gasteiger partial charge in [-0.2, -0.15) is 38.1 Å². The number of aromatic nitrogens is 8. The lowest BCUT2D eigenvalue weighted by atomic mass is 10.2. The minimum absolute atomic E-state index is 0.0278. The molecule has 5 atom stereocenters. The Hall–Kier alpha value is -3.56. The molecule has 1 saturated heterocycles. The SMILES string of the molecule is Cc1cnn([C@H]2C[C@@H](n3cnc4c(NC5CCN(c6ccc(C(F)(F)F)cn6)C5)nc(Cl)nc43)[C@H](O)[C@@H]2O)n1. The second-order valence-corrected chi connectivity index (χ2v) is 10.1. The lowest BCUT2D eigenvalue weighted by Crippen LogP contribution is -2.31. The summed E-state index contributed by atoms with van der Waals surface area (Å²) in [4.78, 5) is 20.4. The van der Waals surface area contributed by atoms with Crippen molar-refractivity contribution in [3.05, 3.63) is 47.4 Å². The van der Waals surface area contributed by atoms with Crippen LogP contribution in [0.3, 0.4) is 0 Å². The highest BCUT2D eigenvalue weighted by Crippen LogP contribution is 2.40. The molecule has 0 aromatic carbocycles. The maximum Gasteiger partial charge on any atom is 0.417 e. The van der Waals surface area contributed by atoms with Gasteiger partial charge in [-0.15, -0.1) is 0 Å². The number of nitrogens with zero attached hydrogens (tertiary/aromatic N) is 9. The predicted octanol–water partition coefficient (Wildman–Crippen LogP) is 2.39. The first kappa shape index (κ1) is 25.7. The third-order valence-electron chi connectivity index (χ3n) is 7.22. The van der Waals surface area contributed by atoms with Gasteiger partial charge in [0.1, 0.15) is 24.1 Å². The first-order chi connectivity index (χ1) is 18.6. The number of pyridine rings is 1. The van der Waals surface area contributed by atoms with Crippen LogP contribution in [0.25, 0.3) is 11.2 Å². The smallest absolute Gasteiger partial charge is 0.388 e. The van der Waals surface area contributed by atoms with Crippen molar-refractivity contribution < 1.29 is 23.4 Å². The Morgan fingerprint density at radius 2 is 1.87 bits per heavy atom. The number of hydrogen-bond acceptors (Lipinski definition) is 10. The zero-order valence-electron chi connectivity index (χ0n) is 20.5. The van der Waals surface area contributed by atoms with Gasteiger partial charge < -0.3 is 25.0 Å². The number of aliphatic hydroxyl groups excluding tert-OH is 2. The van der Waals surface area contributed by atoms with E-state index in [-0.39, 0.29) is 11.3 Å². The molecule has 1 unspecified atom stereocenters. The van der Waals surface area contributed by atoms with Crippen molar-refractivity contribution in [1.29, 1.82) is 0 Å². The van der Waals surface area contributed by atoms with Gasteiger partial charge in [-0.3, -0.25) is 0 Å². The van der Waals surface area contributed by atoms with Crippen LogP contribution in [-0.2, 0) is 6.18 Å². The molecular weight excluding hydrogens is 541 g/mol. The average molecular weight is 565 g/mol. The predicted molar refractivity (Wildman–Crippen MR) is 133 cm³/mol. The quantitative estimate of drug-likeness (QED) is 0.309. The molecule has 0 bridgehead atoms. The molecule has 39 heavy (non-hydrogen) atoms. The molecule has 0 amide bonds. The monoisotopic (exact) mass is 564 g/mol. The molecule has 2 aliphatic rings. The van der Waals surface area contributed by atoms with Crippen LogP contribution in [0, 0.1) is 6.92 Å². The number of alkyl halides is 3. The number of halogens is 4. The fourth-order valence-electron chi connectivity index (χ4n) is 5.26. The molecule has 1 saturated carbocycles. The van der Waals surface area contributed by atoms with Crippen molar-refractivity contribution >= 4 is 34.4 Å². The summed E-state index contributed by atoms with van der Waals surface area (Å²) in [6.07, 6.45) is -1.70. The average Bonchev–Trinajstić information content (AvgIpc) is 3.67. The Morgan fingerprint density at radius 1 is 1.08 bits per heavy atom. The van der Waals surface area contributed by atoms with E-state index in [2.05, 4.69) is 35.5 Å². The highest BCUT2D eigenvalue weighted by molar-refractivity contribution is 6.28. The number of rotatable bonds is 5. The second kappa shape index (κ2) is 9.57. The normalized spacial score (nSPS) is 25.6. The standard InChI is InChI=1S/C23H24ClF3N10O2/c1-11-7-30-37(34-11)15-6-14(18(38)19(15)39)36-10-29-17-20(32-22(24)33-21(17)36)31-13-4-5-35(9-13)16-3-2-12(8-28-16)23(25,26)27/h2-3,7-8,10,13-15,18-19,38-39H,4-6,9H2,1H3,(H,31,32,33)/t13?,14-,15+,18+,19-/m1/s1. The van der Waals surface area contributed by atoms with E-state index in [1.54, 1.807) is 17.7 Å². The molecular formula is C23H24ClF3N10O2. The maximum atomic E-state index is 12.9. The van der Waals surface area contributed by atoms with Gasteiger partial charge in [-0.05, 0) is 43.5 Å². The van der Waals surface area contributed by atoms with Crippen LogP contribution in [0.5, 0.6) is 0 Å². The molecule has 12 nitrogen and oxygen atoms in total. The Balaban J connectivity index is 1.21. The van der Waals surface area contributed by atoms with E-state index in [0.29, 0.717) is 54.4 Å². The van der Waals surface area contributed by atoms with Gasteiger partial charge >= 0.3 is 6.18 Å². The summed E-state index contributed by atoms with van der Waals surface area (Å²) in [5, 5.41) is 33.3. The van der Waals surface area contributed by atoms with Crippen LogP contribution in [0.1, 0.15) is 36.2 Å². The van der Waals surface area contributed by atoms with E-state index in [1.165, 1.54) is 17.2 Å². The molecule has 5 heterocycles. The van der Waals surface area contributed by atoms with E-state index in [4.69, 9.17) is 11.6 Å². The minimum atomic E-state index is -4.44. The van der Waals surface area contributed by atoms with Gasteiger partial charge in [0.15, 0.2) is 17.0 Å². The summed E-state index contributed by atoms with van der Waals surface area (Å²) in [7, 11) is 0. The first-order valence-corrected chi connectivity index (χ1v) is 12.7. The van der Waals surface area contributed by atoms with Crippen LogP contribution in [0.4, 0.5) is 24.8 Å². The van der Waals surface area contributed by atoms with Crippen LogP contribution in [-0.4, -0.2) is 81.0 Å². The lowest BCUT2D eigenvalue weighted by Gasteiger charge is -2.19. The van der Waals surface area contributed by atoms with Gasteiger partial charge in [0.2, 0.25) is 5.28 Å². The van der Waals surface area contributed by atoms with E-state index < -0.39 is 36.0 Å². The number of imidazole rings is 1. The topological polar surface area (TPSA) is 143 Å². The third kappa shape index (κ3) is 4.74. The number of aliphatic hydroxyl groups is 2. The van der Waals surface area contributed by atoms with E-state index in [0.717, 1.165) is 12.3 Å². The Morgan fingerprint density at radius 3 is 2.56 bits per heavy atom. The molecule has 4 aromatic heterocycles. The van der Waals surface area contributed by atoms with Crippen LogP contribution in [0.15, 0.2) is 30.9 Å². The molecule has 0 spiro atoms. The molecule has 2 fully saturated rings. The number of hydrogen-bond donors (Lipinski definition) is 3. The van der Waals surface area contributed by atoms with Crippen molar-refractivity contribution in [3.8, 4) is 0 Å². The van der Waals surface area contributed by atoms with Crippen molar-refractivity contribution in [1.82, 2.24) is 39.5 Å². The number of aryl methyl sites for hydroxylation is 1. The summed E-state index contributed by atoms with van der Waals surface area (Å²) >= 11 is 6.26. The molecule has 3 N–H and O–H groups in total. The highest BCUT2D eigenvalue weighted by atomic mass is 35.5. The zero-order chi connectivity index (χ0) is 27.5. The zero-order valence-corrected chi connectivity index (χ0v) is 21.3. The number of nitrogens with one attached hydrogen (secondary N) is 1. The fraction of sp³-hybridized carbons (Fsp3) is 0.478. The fourth-order valence-corrected chi connectivity index (χ4v) is 5.42. The minimum Gasteiger partial charge on any atom is -0.388 e. The van der Waals surface area contributed by atoms with Gasteiger partial charge in [-0.1, -0.05) is 0 Å². The van der Waals surface area contributed by atoms with E-state index >= 15 is 0 Å². The summed E-state index contributed by atoms with van der Waals surface area (Å²) in [5.74, 6) is 0.845. The molecule has 16 heteroatoms.